The summed E-state index contributed by atoms with van der Waals surface area (Å²) in [5.74, 6) is 0.917. The molecule has 282 valence electrons. The monoisotopic (exact) mass is 764 g/mol. The number of carbonyl (C=O) groups is 2. The second-order valence-electron chi connectivity index (χ2n) is 13.1. The Labute approximate surface area is 317 Å². The number of esters is 1. The van der Waals surface area contributed by atoms with Crippen molar-refractivity contribution in [3.8, 4) is 40.2 Å². The number of methoxy groups -OCH3 is 3. The predicted molar refractivity (Wildman–Crippen MR) is 199 cm³/mol. The number of carbonyl (C=O) groups excluding carboxylic acids is 2. The fraction of sp³-hybridized carbons (Fsp3) is 0.220. The number of nitrogens with one attached hydrogen (secondary N) is 2. The van der Waals surface area contributed by atoms with Crippen molar-refractivity contribution in [1.29, 1.82) is 0 Å². The number of cyclic esters (lactones) is 1. The van der Waals surface area contributed by atoms with Gasteiger partial charge in [0.2, 0.25) is 12.5 Å². The molecule has 1 aliphatic carbocycles. The minimum Gasteiger partial charge on any atom is -0.493 e. The van der Waals surface area contributed by atoms with Crippen LogP contribution in [0.1, 0.15) is 39.0 Å². The molecule has 2 heterocycles. The number of fused-ring (bicyclic) bond motifs is 3. The van der Waals surface area contributed by atoms with Crippen LogP contribution in [0.5, 0.6) is 40.2 Å². The minimum absolute atomic E-state index is 0.0308. The molecule has 0 unspecified atom stereocenters. The van der Waals surface area contributed by atoms with Crippen molar-refractivity contribution in [2.75, 3.05) is 39.5 Å². The second kappa shape index (κ2) is 14.4. The van der Waals surface area contributed by atoms with Crippen LogP contribution in [0.4, 0.5) is 5.69 Å². The molecule has 55 heavy (non-hydrogen) atoms. The van der Waals surface area contributed by atoms with Crippen molar-refractivity contribution in [1.82, 2.24) is 5.32 Å². The van der Waals surface area contributed by atoms with Crippen molar-refractivity contribution < 1.29 is 51.2 Å². The highest BCUT2D eigenvalue weighted by molar-refractivity contribution is 7.92. The number of benzene rings is 5. The van der Waals surface area contributed by atoms with Crippen molar-refractivity contribution in [2.45, 2.75) is 16.9 Å². The molecule has 1 fully saturated rings. The average Bonchev–Trinajstić information content (AvgIpc) is 3.83. The van der Waals surface area contributed by atoms with Gasteiger partial charge in [0, 0.05) is 23.1 Å². The molecule has 1 saturated heterocycles. The van der Waals surface area contributed by atoms with Gasteiger partial charge >= 0.3 is 5.97 Å². The molecule has 1 amide bonds. The van der Waals surface area contributed by atoms with E-state index in [0.717, 1.165) is 16.7 Å². The molecule has 3 aliphatic rings. The van der Waals surface area contributed by atoms with E-state index in [4.69, 9.17) is 33.2 Å². The smallest absolute Gasteiger partial charge is 0.310 e. The topological polar surface area (TPSA) is 157 Å². The van der Waals surface area contributed by atoms with E-state index in [-0.39, 0.29) is 29.5 Å². The molecule has 0 saturated carbocycles. The first kappa shape index (κ1) is 35.6. The number of amides is 1. The SMILES string of the molecule is COc1cc([C@@H]2c3cc4c(cc3[C@@H](NC(=O)c3ccc(NS(=O)(=O)c5ccc(Oc6ccccc6)cc5)cc3)[C@H]3COC(=O)[C@H]23)OCO4)cc(OC)c1OC. The van der Waals surface area contributed by atoms with E-state index in [9.17, 15) is 18.0 Å². The third-order valence-electron chi connectivity index (χ3n) is 10.0. The van der Waals surface area contributed by atoms with Crippen LogP contribution in [0.15, 0.2) is 108 Å². The van der Waals surface area contributed by atoms with Gasteiger partial charge in [-0.1, -0.05) is 18.2 Å². The van der Waals surface area contributed by atoms with Gasteiger partial charge in [-0.15, -0.1) is 0 Å². The van der Waals surface area contributed by atoms with Crippen LogP contribution in [-0.4, -0.2) is 55.0 Å². The van der Waals surface area contributed by atoms with Crippen LogP contribution >= 0.6 is 0 Å². The van der Waals surface area contributed by atoms with Gasteiger partial charge in [-0.3, -0.25) is 14.3 Å². The van der Waals surface area contributed by atoms with Crippen LogP contribution in [0.2, 0.25) is 0 Å². The lowest BCUT2D eigenvalue weighted by molar-refractivity contribution is -0.141. The van der Waals surface area contributed by atoms with E-state index < -0.39 is 45.7 Å². The number of para-hydroxylation sites is 1. The zero-order valence-electron chi connectivity index (χ0n) is 29.9. The molecule has 8 rings (SSSR count). The van der Waals surface area contributed by atoms with Crippen LogP contribution in [0, 0.1) is 11.8 Å². The quantitative estimate of drug-likeness (QED) is 0.143. The molecule has 5 aromatic carbocycles. The summed E-state index contributed by atoms with van der Waals surface area (Å²) in [6.07, 6.45) is 0. The van der Waals surface area contributed by atoms with Gasteiger partial charge in [-0.2, -0.15) is 0 Å². The summed E-state index contributed by atoms with van der Waals surface area (Å²) in [4.78, 5) is 27.5. The third kappa shape index (κ3) is 6.69. The Hall–Kier alpha value is -6.41. The lowest BCUT2D eigenvalue weighted by Crippen LogP contribution is -2.42. The molecule has 4 atom stereocenters. The summed E-state index contributed by atoms with van der Waals surface area (Å²) in [5.41, 5.74) is 2.75. The van der Waals surface area contributed by atoms with Crippen molar-refractivity contribution in [2.24, 2.45) is 11.8 Å². The highest BCUT2D eigenvalue weighted by Crippen LogP contribution is 2.55. The Morgan fingerprint density at radius 1 is 0.745 bits per heavy atom. The molecule has 2 aliphatic heterocycles. The minimum atomic E-state index is -3.95. The summed E-state index contributed by atoms with van der Waals surface area (Å²) in [5, 5.41) is 3.14. The summed E-state index contributed by atoms with van der Waals surface area (Å²) in [6.45, 7) is 0.104. The van der Waals surface area contributed by atoms with E-state index in [0.29, 0.717) is 40.2 Å². The largest absolute Gasteiger partial charge is 0.493 e. The maximum absolute atomic E-state index is 13.9. The summed E-state index contributed by atoms with van der Waals surface area (Å²) in [7, 11) is 0.613. The number of hydrogen-bond donors (Lipinski definition) is 2. The van der Waals surface area contributed by atoms with Gasteiger partial charge in [0.05, 0.1) is 44.8 Å². The molecule has 13 nitrogen and oxygen atoms in total. The number of anilines is 1. The molecule has 0 aromatic heterocycles. The Balaban J connectivity index is 1.05. The second-order valence-corrected chi connectivity index (χ2v) is 14.8. The summed E-state index contributed by atoms with van der Waals surface area (Å²) in [6, 6.07) is 27.9. The first-order valence-electron chi connectivity index (χ1n) is 17.3. The lowest BCUT2D eigenvalue weighted by atomic mass is 9.65. The van der Waals surface area contributed by atoms with Crippen molar-refractivity contribution in [3.05, 3.63) is 125 Å². The maximum atomic E-state index is 13.9. The molecule has 5 aromatic rings. The molecular weight excluding hydrogens is 729 g/mol. The van der Waals surface area contributed by atoms with Gasteiger partial charge in [-0.25, -0.2) is 8.42 Å². The van der Waals surface area contributed by atoms with Crippen LogP contribution in [-0.2, 0) is 19.6 Å². The molecule has 0 radical (unpaired) electrons. The maximum Gasteiger partial charge on any atom is 0.310 e. The van der Waals surface area contributed by atoms with Crippen LogP contribution in [0.25, 0.3) is 0 Å². The molecule has 0 spiro atoms. The van der Waals surface area contributed by atoms with E-state index in [1.807, 2.05) is 42.5 Å². The van der Waals surface area contributed by atoms with Gasteiger partial charge < -0.3 is 38.5 Å². The number of sulfonamides is 1. The first-order chi connectivity index (χ1) is 26.7. The third-order valence-corrected chi connectivity index (χ3v) is 11.4. The van der Waals surface area contributed by atoms with Gasteiger partial charge in [0.25, 0.3) is 15.9 Å². The van der Waals surface area contributed by atoms with Crippen molar-refractivity contribution in [3.63, 3.8) is 0 Å². The molecule has 0 bridgehead atoms. The Morgan fingerprint density at radius 3 is 2.02 bits per heavy atom. The number of ether oxygens (including phenoxy) is 7. The van der Waals surface area contributed by atoms with Gasteiger partial charge in [0.15, 0.2) is 23.0 Å². The Bertz CT molecular complexity index is 2340. The zero-order valence-corrected chi connectivity index (χ0v) is 30.8. The van der Waals surface area contributed by atoms with Gasteiger partial charge in [-0.05, 0) is 102 Å². The number of rotatable bonds is 11. The average molecular weight is 765 g/mol. The highest BCUT2D eigenvalue weighted by atomic mass is 32.2. The highest BCUT2D eigenvalue weighted by Gasteiger charge is 2.53. The van der Waals surface area contributed by atoms with Crippen LogP contribution in [0.3, 0.4) is 0 Å². The Kier molecular flexibility index (Phi) is 9.35. The summed E-state index contributed by atoms with van der Waals surface area (Å²) >= 11 is 0. The zero-order chi connectivity index (χ0) is 38.3. The Morgan fingerprint density at radius 2 is 1.38 bits per heavy atom. The molecule has 2 N–H and O–H groups in total. The molecular formula is C41H36N2O11S. The standard InChI is InChI=1S/C41H36N2O11S/c1-48-34-17-24(18-35(49-2)39(34)50-3)36-29-19-32-33(53-22-52-32)20-30(29)38(31-21-51-41(45)37(31)36)42-40(44)23-9-11-25(12-10-23)43-55(46,47)28-15-13-27(14-16-28)54-26-7-5-4-6-8-26/h4-20,31,36-38,43H,21-22H2,1-3H3,(H,42,44)/t31-,36+,37-,38+/m0/s1. The van der Waals surface area contributed by atoms with E-state index in [1.165, 1.54) is 57.7 Å². The normalized spacial score (nSPS) is 19.4. The number of hydrogen-bond acceptors (Lipinski definition) is 11. The van der Waals surface area contributed by atoms with E-state index >= 15 is 0 Å². The fourth-order valence-corrected chi connectivity index (χ4v) is 8.53. The predicted octanol–water partition coefficient (Wildman–Crippen LogP) is 6.44. The van der Waals surface area contributed by atoms with E-state index in [2.05, 4.69) is 10.0 Å². The first-order valence-corrected chi connectivity index (χ1v) is 18.8. The molecule has 14 heteroatoms. The lowest BCUT2D eigenvalue weighted by Gasteiger charge is -2.39. The summed E-state index contributed by atoms with van der Waals surface area (Å²) < 4.78 is 68.8. The fourth-order valence-electron chi connectivity index (χ4n) is 7.47. The van der Waals surface area contributed by atoms with Crippen molar-refractivity contribution >= 4 is 27.6 Å². The van der Waals surface area contributed by atoms with Gasteiger partial charge in [0.1, 0.15) is 11.5 Å². The van der Waals surface area contributed by atoms with E-state index in [1.54, 1.807) is 24.3 Å². The van der Waals surface area contributed by atoms with Crippen LogP contribution < -0.4 is 38.5 Å².